The summed E-state index contributed by atoms with van der Waals surface area (Å²) in [6.07, 6.45) is 0. The Bertz CT molecular complexity index is 765. The summed E-state index contributed by atoms with van der Waals surface area (Å²) >= 11 is 7.62. The molecule has 0 aliphatic heterocycles. The van der Waals surface area contributed by atoms with Crippen LogP contribution in [0.4, 0.5) is 16.5 Å². The fraction of sp³-hybridized carbons (Fsp3) is 0.0625. The van der Waals surface area contributed by atoms with Gasteiger partial charge in [0.05, 0.1) is 5.69 Å². The fourth-order valence-corrected chi connectivity index (χ4v) is 2.82. The highest BCUT2D eigenvalue weighted by molar-refractivity contribution is 7.14. The van der Waals surface area contributed by atoms with Gasteiger partial charge in [-0.15, -0.1) is 11.3 Å². The number of anilines is 3. The van der Waals surface area contributed by atoms with Crippen molar-refractivity contribution in [1.82, 2.24) is 4.98 Å². The zero-order chi connectivity index (χ0) is 14.8. The number of rotatable bonds is 3. The highest BCUT2D eigenvalue weighted by Gasteiger charge is 2.06. The van der Waals surface area contributed by atoms with Crippen LogP contribution in [0.5, 0.6) is 0 Å². The molecule has 2 aromatic carbocycles. The zero-order valence-electron chi connectivity index (χ0n) is 11.4. The van der Waals surface area contributed by atoms with E-state index in [1.807, 2.05) is 54.8 Å². The topological polar surface area (TPSA) is 50.9 Å². The van der Waals surface area contributed by atoms with E-state index in [-0.39, 0.29) is 0 Å². The Balaban J connectivity index is 1.82. The van der Waals surface area contributed by atoms with E-state index in [9.17, 15) is 0 Å². The second kappa shape index (κ2) is 5.76. The standard InChI is InChI=1S/C16H14ClN3S/c1-10-8-11(2-7-14(10)17)15-9-21-16(20-15)19-13-5-3-12(18)4-6-13/h2-9H,18H2,1H3,(H,19,20). The molecule has 21 heavy (non-hydrogen) atoms. The molecular weight excluding hydrogens is 302 g/mol. The molecule has 3 nitrogen and oxygen atoms in total. The lowest BCUT2D eigenvalue weighted by atomic mass is 10.1. The third kappa shape index (κ3) is 3.17. The SMILES string of the molecule is Cc1cc(-c2csc(Nc3ccc(N)cc3)n2)ccc1Cl. The Kier molecular flexibility index (Phi) is 3.82. The number of nitrogens with one attached hydrogen (secondary N) is 1. The molecule has 0 bridgehead atoms. The van der Waals surface area contributed by atoms with E-state index in [0.717, 1.165) is 38.3 Å². The van der Waals surface area contributed by atoms with Gasteiger partial charge >= 0.3 is 0 Å². The molecule has 0 atom stereocenters. The van der Waals surface area contributed by atoms with E-state index in [1.54, 1.807) is 11.3 Å². The average Bonchev–Trinajstić information content (AvgIpc) is 2.93. The Labute approximate surface area is 132 Å². The molecular formula is C16H14ClN3S. The molecule has 3 N–H and O–H groups in total. The van der Waals surface area contributed by atoms with Crippen molar-refractivity contribution in [2.45, 2.75) is 6.92 Å². The van der Waals surface area contributed by atoms with E-state index in [1.165, 1.54) is 0 Å². The minimum atomic E-state index is 0.747. The van der Waals surface area contributed by atoms with Crippen LogP contribution in [-0.2, 0) is 0 Å². The van der Waals surface area contributed by atoms with Crippen LogP contribution in [0.15, 0.2) is 47.8 Å². The molecule has 0 aliphatic carbocycles. The molecule has 0 radical (unpaired) electrons. The highest BCUT2D eigenvalue weighted by Crippen LogP contribution is 2.29. The number of thiazole rings is 1. The van der Waals surface area contributed by atoms with Gasteiger partial charge in [-0.2, -0.15) is 0 Å². The molecule has 0 unspecified atom stereocenters. The van der Waals surface area contributed by atoms with Gasteiger partial charge < -0.3 is 11.1 Å². The van der Waals surface area contributed by atoms with Gasteiger partial charge in [-0.1, -0.05) is 17.7 Å². The van der Waals surface area contributed by atoms with E-state index in [4.69, 9.17) is 17.3 Å². The maximum absolute atomic E-state index is 6.05. The van der Waals surface area contributed by atoms with Crippen molar-refractivity contribution in [1.29, 1.82) is 0 Å². The Hall–Kier alpha value is -2.04. The fourth-order valence-electron chi connectivity index (χ4n) is 1.96. The lowest BCUT2D eigenvalue weighted by Gasteiger charge is -2.03. The molecule has 0 saturated carbocycles. The van der Waals surface area contributed by atoms with E-state index in [2.05, 4.69) is 10.3 Å². The second-order valence-electron chi connectivity index (χ2n) is 4.75. The molecule has 3 aromatic rings. The molecule has 0 spiro atoms. The van der Waals surface area contributed by atoms with Crippen LogP contribution in [-0.4, -0.2) is 4.98 Å². The first-order valence-corrected chi connectivity index (χ1v) is 7.72. The number of hydrogen-bond acceptors (Lipinski definition) is 4. The number of aryl methyl sites for hydroxylation is 1. The lowest BCUT2D eigenvalue weighted by Crippen LogP contribution is -1.90. The number of nitrogen functional groups attached to an aromatic ring is 1. The monoisotopic (exact) mass is 315 g/mol. The number of aromatic nitrogens is 1. The summed E-state index contributed by atoms with van der Waals surface area (Å²) in [7, 11) is 0. The van der Waals surface area contributed by atoms with Gasteiger partial charge in [-0.3, -0.25) is 0 Å². The number of nitrogens with two attached hydrogens (primary N) is 1. The summed E-state index contributed by atoms with van der Waals surface area (Å²) in [5, 5.41) is 6.92. The van der Waals surface area contributed by atoms with Crippen molar-refractivity contribution >= 4 is 39.4 Å². The van der Waals surface area contributed by atoms with Crippen LogP contribution in [0.25, 0.3) is 11.3 Å². The molecule has 0 fully saturated rings. The van der Waals surface area contributed by atoms with Crippen LogP contribution in [0.2, 0.25) is 5.02 Å². The summed E-state index contributed by atoms with van der Waals surface area (Å²) < 4.78 is 0. The van der Waals surface area contributed by atoms with Crippen LogP contribution < -0.4 is 11.1 Å². The minimum Gasteiger partial charge on any atom is -0.399 e. The largest absolute Gasteiger partial charge is 0.399 e. The quantitative estimate of drug-likeness (QED) is 0.661. The molecule has 1 aromatic heterocycles. The molecule has 0 amide bonds. The summed E-state index contributed by atoms with van der Waals surface area (Å²) in [4.78, 5) is 4.60. The molecule has 0 aliphatic rings. The normalized spacial score (nSPS) is 10.6. The average molecular weight is 316 g/mol. The maximum atomic E-state index is 6.05. The van der Waals surface area contributed by atoms with Crippen LogP contribution >= 0.6 is 22.9 Å². The first-order chi connectivity index (χ1) is 10.1. The summed E-state index contributed by atoms with van der Waals surface area (Å²) in [5.74, 6) is 0. The van der Waals surface area contributed by atoms with Crippen molar-refractivity contribution in [3.05, 3.63) is 58.4 Å². The third-order valence-electron chi connectivity index (χ3n) is 3.12. The Morgan fingerprint density at radius 1 is 1.14 bits per heavy atom. The Morgan fingerprint density at radius 2 is 1.90 bits per heavy atom. The summed E-state index contributed by atoms with van der Waals surface area (Å²) in [5.41, 5.74) is 10.5. The molecule has 106 valence electrons. The third-order valence-corrected chi connectivity index (χ3v) is 4.30. The summed E-state index contributed by atoms with van der Waals surface area (Å²) in [6, 6.07) is 13.5. The van der Waals surface area contributed by atoms with Gasteiger partial charge in [-0.05, 0) is 48.9 Å². The van der Waals surface area contributed by atoms with E-state index >= 15 is 0 Å². The zero-order valence-corrected chi connectivity index (χ0v) is 13.0. The smallest absolute Gasteiger partial charge is 0.187 e. The number of nitrogens with zero attached hydrogens (tertiary/aromatic N) is 1. The molecule has 5 heteroatoms. The molecule has 3 rings (SSSR count). The summed E-state index contributed by atoms with van der Waals surface area (Å²) in [6.45, 7) is 1.99. The van der Waals surface area contributed by atoms with Crippen LogP contribution in [0.1, 0.15) is 5.56 Å². The number of halogens is 1. The van der Waals surface area contributed by atoms with Crippen molar-refractivity contribution in [3.63, 3.8) is 0 Å². The van der Waals surface area contributed by atoms with Crippen LogP contribution in [0, 0.1) is 6.92 Å². The van der Waals surface area contributed by atoms with E-state index in [0.29, 0.717) is 0 Å². The molecule has 1 heterocycles. The van der Waals surface area contributed by atoms with Crippen LogP contribution in [0.3, 0.4) is 0 Å². The van der Waals surface area contributed by atoms with Gasteiger partial charge in [0.25, 0.3) is 0 Å². The van der Waals surface area contributed by atoms with Gasteiger partial charge in [-0.25, -0.2) is 4.98 Å². The highest BCUT2D eigenvalue weighted by atomic mass is 35.5. The predicted molar refractivity (Wildman–Crippen MR) is 91.4 cm³/mol. The lowest BCUT2D eigenvalue weighted by molar-refractivity contribution is 1.37. The number of hydrogen-bond donors (Lipinski definition) is 2. The van der Waals surface area contributed by atoms with Crippen molar-refractivity contribution < 1.29 is 0 Å². The Morgan fingerprint density at radius 3 is 2.62 bits per heavy atom. The van der Waals surface area contributed by atoms with Gasteiger partial charge in [0, 0.05) is 27.3 Å². The number of benzene rings is 2. The van der Waals surface area contributed by atoms with Crippen molar-refractivity contribution in [3.8, 4) is 11.3 Å². The first kappa shape index (κ1) is 13.9. The van der Waals surface area contributed by atoms with Gasteiger partial charge in [0.1, 0.15) is 0 Å². The van der Waals surface area contributed by atoms with Crippen molar-refractivity contribution in [2.75, 3.05) is 11.1 Å². The predicted octanol–water partition coefficient (Wildman–Crippen LogP) is 5.10. The minimum absolute atomic E-state index is 0.747. The second-order valence-corrected chi connectivity index (χ2v) is 6.01. The van der Waals surface area contributed by atoms with Gasteiger partial charge in [0.15, 0.2) is 5.13 Å². The van der Waals surface area contributed by atoms with Crippen molar-refractivity contribution in [2.24, 2.45) is 0 Å². The van der Waals surface area contributed by atoms with E-state index < -0.39 is 0 Å². The maximum Gasteiger partial charge on any atom is 0.187 e. The molecule has 0 saturated heterocycles. The van der Waals surface area contributed by atoms with Gasteiger partial charge in [0.2, 0.25) is 0 Å². The first-order valence-electron chi connectivity index (χ1n) is 6.46.